The molecule has 2 aromatic heterocycles. The molecule has 3 N–H and O–H groups in total. The van der Waals surface area contributed by atoms with Crippen molar-refractivity contribution in [2.24, 2.45) is 0 Å². The number of fused-ring (bicyclic) bond motifs is 1. The van der Waals surface area contributed by atoms with Gasteiger partial charge in [0.2, 0.25) is 0 Å². The molecular weight excluding hydrogens is 312 g/mol. The molecule has 0 amide bonds. The fraction of sp³-hybridized carbons (Fsp3) is 0.100. The lowest BCUT2D eigenvalue weighted by Crippen LogP contribution is -1.93. The number of nitrogens with zero attached hydrogens (tertiary/aromatic N) is 2. The molecule has 5 heteroatoms. The molecule has 0 radical (unpaired) electrons. The van der Waals surface area contributed by atoms with E-state index in [4.69, 9.17) is 10.5 Å². The highest BCUT2D eigenvalue weighted by atomic mass is 16.5. The van der Waals surface area contributed by atoms with E-state index in [1.165, 1.54) is 6.33 Å². The highest BCUT2D eigenvalue weighted by Crippen LogP contribution is 2.33. The normalized spacial score (nSPS) is 10.9. The number of nitrogens with one attached hydrogen (secondary N) is 1. The summed E-state index contributed by atoms with van der Waals surface area (Å²) in [6.45, 7) is 2.09. The third kappa shape index (κ3) is 2.80. The van der Waals surface area contributed by atoms with Crippen LogP contribution in [0.1, 0.15) is 12.6 Å². The summed E-state index contributed by atoms with van der Waals surface area (Å²) >= 11 is 0. The van der Waals surface area contributed by atoms with Crippen LogP contribution in [0.15, 0.2) is 60.9 Å². The number of H-pyrrole nitrogens is 1. The van der Waals surface area contributed by atoms with Crippen LogP contribution in [0.3, 0.4) is 0 Å². The summed E-state index contributed by atoms with van der Waals surface area (Å²) in [4.78, 5) is 12.0. The van der Waals surface area contributed by atoms with E-state index in [1.807, 2.05) is 54.6 Å². The van der Waals surface area contributed by atoms with E-state index in [9.17, 15) is 0 Å². The highest BCUT2D eigenvalue weighted by Gasteiger charge is 2.15. The van der Waals surface area contributed by atoms with Crippen LogP contribution in [0.5, 0.6) is 11.5 Å². The van der Waals surface area contributed by atoms with Crippen LogP contribution in [0.4, 0.5) is 5.82 Å². The molecule has 2 heterocycles. The van der Waals surface area contributed by atoms with Crippen LogP contribution in [0.25, 0.3) is 22.2 Å². The van der Waals surface area contributed by atoms with Gasteiger partial charge in [0.25, 0.3) is 0 Å². The van der Waals surface area contributed by atoms with E-state index in [2.05, 4.69) is 21.9 Å². The molecule has 2 aromatic carbocycles. The predicted molar refractivity (Wildman–Crippen MR) is 99.6 cm³/mol. The third-order valence-corrected chi connectivity index (χ3v) is 4.16. The van der Waals surface area contributed by atoms with E-state index in [0.717, 1.165) is 45.8 Å². The van der Waals surface area contributed by atoms with Gasteiger partial charge in [0.1, 0.15) is 23.6 Å². The number of aromatic nitrogens is 3. The first-order chi connectivity index (χ1) is 12.3. The Morgan fingerprint density at radius 2 is 1.68 bits per heavy atom. The fourth-order valence-corrected chi connectivity index (χ4v) is 2.93. The minimum atomic E-state index is 0.487. The second-order valence-electron chi connectivity index (χ2n) is 5.75. The van der Waals surface area contributed by atoms with Crippen molar-refractivity contribution < 1.29 is 4.74 Å². The Morgan fingerprint density at radius 3 is 2.40 bits per heavy atom. The maximum Gasteiger partial charge on any atom is 0.136 e. The van der Waals surface area contributed by atoms with Gasteiger partial charge in [0, 0.05) is 5.69 Å². The zero-order chi connectivity index (χ0) is 17.2. The van der Waals surface area contributed by atoms with Crippen LogP contribution in [0, 0.1) is 0 Å². The molecule has 0 aliphatic heterocycles. The van der Waals surface area contributed by atoms with Gasteiger partial charge in [0.15, 0.2) is 0 Å². The van der Waals surface area contributed by atoms with Crippen molar-refractivity contribution in [3.63, 3.8) is 0 Å². The topological polar surface area (TPSA) is 76.8 Å². The Kier molecular flexibility index (Phi) is 3.82. The Balaban J connectivity index is 1.72. The molecular formula is C20H18N4O. The van der Waals surface area contributed by atoms with Crippen LogP contribution >= 0.6 is 0 Å². The van der Waals surface area contributed by atoms with Gasteiger partial charge in [-0.1, -0.05) is 25.1 Å². The second kappa shape index (κ2) is 6.28. The lowest BCUT2D eigenvalue weighted by atomic mass is 10.1. The molecule has 0 atom stereocenters. The van der Waals surface area contributed by atoms with Crippen LogP contribution in [-0.2, 0) is 6.42 Å². The molecule has 0 spiro atoms. The van der Waals surface area contributed by atoms with Crippen molar-refractivity contribution in [2.45, 2.75) is 13.3 Å². The first-order valence-electron chi connectivity index (χ1n) is 8.20. The fourth-order valence-electron chi connectivity index (χ4n) is 2.93. The largest absolute Gasteiger partial charge is 0.457 e. The Bertz CT molecular complexity index is 1010. The van der Waals surface area contributed by atoms with Gasteiger partial charge < -0.3 is 15.5 Å². The van der Waals surface area contributed by atoms with Gasteiger partial charge in [-0.2, -0.15) is 0 Å². The first kappa shape index (κ1) is 15.2. The molecule has 5 nitrogen and oxygen atoms in total. The molecule has 0 bridgehead atoms. The zero-order valence-corrected chi connectivity index (χ0v) is 13.9. The lowest BCUT2D eigenvalue weighted by molar-refractivity contribution is 0.483. The van der Waals surface area contributed by atoms with E-state index in [0.29, 0.717) is 5.82 Å². The van der Waals surface area contributed by atoms with E-state index < -0.39 is 0 Å². The van der Waals surface area contributed by atoms with Crippen molar-refractivity contribution in [3.8, 4) is 22.8 Å². The number of ether oxygens (including phenoxy) is 1. The molecule has 0 saturated heterocycles. The monoisotopic (exact) mass is 330 g/mol. The average Bonchev–Trinajstić information content (AvgIpc) is 3.03. The van der Waals surface area contributed by atoms with Gasteiger partial charge in [-0.25, -0.2) is 9.97 Å². The lowest BCUT2D eigenvalue weighted by Gasteiger charge is -2.07. The summed E-state index contributed by atoms with van der Waals surface area (Å²) in [5.41, 5.74) is 10.0. The minimum Gasteiger partial charge on any atom is -0.457 e. The number of aryl methyl sites for hydroxylation is 1. The molecule has 4 rings (SSSR count). The van der Waals surface area contributed by atoms with Crippen LogP contribution in [-0.4, -0.2) is 15.0 Å². The van der Waals surface area contributed by atoms with Gasteiger partial charge in [-0.05, 0) is 48.4 Å². The summed E-state index contributed by atoms with van der Waals surface area (Å²) in [5.74, 6) is 2.08. The van der Waals surface area contributed by atoms with Crippen molar-refractivity contribution in [1.82, 2.24) is 15.0 Å². The molecule has 0 fully saturated rings. The number of anilines is 1. The molecule has 4 aromatic rings. The predicted octanol–water partition coefficient (Wildman–Crippen LogP) is 4.56. The van der Waals surface area contributed by atoms with Crippen LogP contribution < -0.4 is 10.5 Å². The zero-order valence-electron chi connectivity index (χ0n) is 13.9. The SMILES string of the molecule is CCc1[nH]c(-c2ccc(Oc3ccccc3)cc2)c2c(N)ncnc12. The summed E-state index contributed by atoms with van der Waals surface area (Å²) in [7, 11) is 0. The quantitative estimate of drug-likeness (QED) is 0.575. The van der Waals surface area contributed by atoms with E-state index in [1.54, 1.807) is 0 Å². The van der Waals surface area contributed by atoms with Gasteiger partial charge in [0.05, 0.1) is 16.6 Å². The summed E-state index contributed by atoms with van der Waals surface area (Å²) in [6.07, 6.45) is 2.35. The van der Waals surface area contributed by atoms with Crippen LogP contribution in [0.2, 0.25) is 0 Å². The smallest absolute Gasteiger partial charge is 0.136 e. The van der Waals surface area contributed by atoms with E-state index in [-0.39, 0.29) is 0 Å². The minimum absolute atomic E-state index is 0.487. The summed E-state index contributed by atoms with van der Waals surface area (Å²) in [6, 6.07) is 17.6. The summed E-state index contributed by atoms with van der Waals surface area (Å²) in [5, 5.41) is 0.871. The van der Waals surface area contributed by atoms with Crippen molar-refractivity contribution in [1.29, 1.82) is 0 Å². The number of hydrogen-bond donors (Lipinski definition) is 2. The number of benzene rings is 2. The number of nitrogen functional groups attached to an aromatic ring is 1. The molecule has 124 valence electrons. The molecule has 0 aliphatic rings. The number of rotatable bonds is 4. The van der Waals surface area contributed by atoms with E-state index >= 15 is 0 Å². The standard InChI is InChI=1S/C20H18N4O/c1-2-16-19-17(20(21)23-12-22-19)18(24-16)13-8-10-15(11-9-13)25-14-6-4-3-5-7-14/h3-12,24H,2H2,1H3,(H2,21,22,23). The first-order valence-corrected chi connectivity index (χ1v) is 8.20. The number of nitrogens with two attached hydrogens (primary N) is 1. The Morgan fingerprint density at radius 1 is 0.960 bits per heavy atom. The number of aromatic amines is 1. The maximum absolute atomic E-state index is 6.10. The average molecular weight is 330 g/mol. The second-order valence-corrected chi connectivity index (χ2v) is 5.75. The Labute approximate surface area is 145 Å². The molecule has 0 saturated carbocycles. The van der Waals surface area contributed by atoms with Gasteiger partial charge in [-0.15, -0.1) is 0 Å². The van der Waals surface area contributed by atoms with Gasteiger partial charge >= 0.3 is 0 Å². The summed E-state index contributed by atoms with van der Waals surface area (Å²) < 4.78 is 5.85. The number of hydrogen-bond acceptors (Lipinski definition) is 4. The molecule has 0 unspecified atom stereocenters. The Hall–Kier alpha value is -3.34. The van der Waals surface area contributed by atoms with Gasteiger partial charge in [-0.3, -0.25) is 0 Å². The number of para-hydroxylation sites is 1. The van der Waals surface area contributed by atoms with Crippen molar-refractivity contribution in [2.75, 3.05) is 5.73 Å². The van der Waals surface area contributed by atoms with Crippen molar-refractivity contribution >= 4 is 16.7 Å². The molecule has 0 aliphatic carbocycles. The third-order valence-electron chi connectivity index (χ3n) is 4.16. The highest BCUT2D eigenvalue weighted by molar-refractivity contribution is 6.01. The molecule has 25 heavy (non-hydrogen) atoms. The van der Waals surface area contributed by atoms with Crippen molar-refractivity contribution in [3.05, 3.63) is 66.6 Å². The maximum atomic E-state index is 6.10.